The Labute approximate surface area is 99.8 Å². The lowest BCUT2D eigenvalue weighted by Gasteiger charge is -2.30. The van der Waals surface area contributed by atoms with Crippen molar-refractivity contribution in [2.45, 2.75) is 25.4 Å². The smallest absolute Gasteiger partial charge is 0.303 e. The lowest BCUT2D eigenvalue weighted by atomic mass is 9.79. The minimum atomic E-state index is -0.861. The monoisotopic (exact) mass is 236 g/mol. The van der Waals surface area contributed by atoms with Crippen molar-refractivity contribution >= 4 is 5.97 Å². The van der Waals surface area contributed by atoms with E-state index in [-0.39, 0.29) is 12.3 Å². The molecule has 2 N–H and O–H groups in total. The van der Waals surface area contributed by atoms with E-state index >= 15 is 0 Å². The molecule has 2 atom stereocenters. The third kappa shape index (κ3) is 2.26. The highest BCUT2D eigenvalue weighted by molar-refractivity contribution is 5.67. The highest BCUT2D eigenvalue weighted by Crippen LogP contribution is 2.39. The van der Waals surface area contributed by atoms with Crippen LogP contribution in [0.3, 0.4) is 0 Å². The molecule has 0 fully saturated rings. The molecule has 4 nitrogen and oxygen atoms in total. The third-order valence-corrected chi connectivity index (χ3v) is 3.36. The summed E-state index contributed by atoms with van der Waals surface area (Å²) < 4.78 is 5.25. The first-order valence-corrected chi connectivity index (χ1v) is 5.69. The minimum Gasteiger partial charge on any atom is -0.496 e. The molecular formula is C13H16O4. The fraction of sp³-hybridized carbons (Fsp3) is 0.462. The molecule has 0 saturated heterocycles. The second kappa shape index (κ2) is 4.75. The van der Waals surface area contributed by atoms with E-state index in [2.05, 4.69) is 0 Å². The van der Waals surface area contributed by atoms with Gasteiger partial charge in [-0.3, -0.25) is 4.79 Å². The Morgan fingerprint density at radius 2 is 2.29 bits per heavy atom. The summed E-state index contributed by atoms with van der Waals surface area (Å²) in [5.41, 5.74) is 1.81. The molecule has 1 aliphatic carbocycles. The fourth-order valence-corrected chi connectivity index (χ4v) is 2.50. The molecule has 92 valence electrons. The van der Waals surface area contributed by atoms with Crippen molar-refractivity contribution in [3.05, 3.63) is 29.3 Å². The zero-order valence-electron chi connectivity index (χ0n) is 9.72. The zero-order valence-corrected chi connectivity index (χ0v) is 9.72. The van der Waals surface area contributed by atoms with E-state index in [1.807, 2.05) is 18.2 Å². The third-order valence-electron chi connectivity index (χ3n) is 3.36. The van der Waals surface area contributed by atoms with Crippen LogP contribution >= 0.6 is 0 Å². The number of fused-ring (bicyclic) bond motifs is 1. The summed E-state index contributed by atoms with van der Waals surface area (Å²) >= 11 is 0. The standard InChI is InChI=1S/C13H16O4/c1-17-11-4-2-3-10-9(11)6-5-8(13(10)16)7-12(14)15/h2-4,8,13,16H,5-7H2,1H3,(H,14,15). The Hall–Kier alpha value is -1.55. The predicted molar refractivity (Wildman–Crippen MR) is 62.0 cm³/mol. The van der Waals surface area contributed by atoms with Crippen LogP contribution in [0.15, 0.2) is 18.2 Å². The number of benzene rings is 1. The van der Waals surface area contributed by atoms with Crippen molar-refractivity contribution < 1.29 is 19.7 Å². The van der Waals surface area contributed by atoms with Crippen molar-refractivity contribution in [3.8, 4) is 5.75 Å². The van der Waals surface area contributed by atoms with E-state index in [1.165, 1.54) is 0 Å². The molecule has 0 saturated carbocycles. The first-order chi connectivity index (χ1) is 8.13. The van der Waals surface area contributed by atoms with Crippen LogP contribution in [0.1, 0.15) is 30.1 Å². The molecule has 4 heteroatoms. The molecule has 0 amide bonds. The van der Waals surface area contributed by atoms with Crippen LogP contribution in [0.4, 0.5) is 0 Å². The zero-order chi connectivity index (χ0) is 12.4. The van der Waals surface area contributed by atoms with Crippen LogP contribution in [-0.4, -0.2) is 23.3 Å². The topological polar surface area (TPSA) is 66.8 Å². The maximum atomic E-state index is 10.7. The average Bonchev–Trinajstić information content (AvgIpc) is 2.31. The predicted octanol–water partition coefficient (Wildman–Crippen LogP) is 1.77. The highest BCUT2D eigenvalue weighted by atomic mass is 16.5. The maximum absolute atomic E-state index is 10.7. The van der Waals surface area contributed by atoms with Gasteiger partial charge in [0, 0.05) is 0 Å². The van der Waals surface area contributed by atoms with Gasteiger partial charge in [-0.2, -0.15) is 0 Å². The number of carbonyl (C=O) groups is 1. The van der Waals surface area contributed by atoms with E-state index in [1.54, 1.807) is 7.11 Å². The van der Waals surface area contributed by atoms with Crippen LogP contribution in [0, 0.1) is 5.92 Å². The van der Waals surface area contributed by atoms with Gasteiger partial charge in [-0.1, -0.05) is 12.1 Å². The number of rotatable bonds is 3. The first-order valence-electron chi connectivity index (χ1n) is 5.69. The molecule has 1 aliphatic rings. The van der Waals surface area contributed by atoms with Gasteiger partial charge in [0.1, 0.15) is 5.75 Å². The molecule has 2 unspecified atom stereocenters. The van der Waals surface area contributed by atoms with Gasteiger partial charge < -0.3 is 14.9 Å². The summed E-state index contributed by atoms with van der Waals surface area (Å²) in [6.45, 7) is 0. The quantitative estimate of drug-likeness (QED) is 0.839. The number of hydrogen-bond donors (Lipinski definition) is 2. The number of carboxylic acid groups (broad SMARTS) is 1. The largest absolute Gasteiger partial charge is 0.496 e. The molecule has 1 aromatic rings. The van der Waals surface area contributed by atoms with Gasteiger partial charge in [0.05, 0.1) is 19.6 Å². The number of carboxylic acids is 1. The summed E-state index contributed by atoms with van der Waals surface area (Å²) in [5.74, 6) is -0.289. The van der Waals surface area contributed by atoms with Crippen molar-refractivity contribution in [2.24, 2.45) is 5.92 Å². The van der Waals surface area contributed by atoms with E-state index in [0.29, 0.717) is 6.42 Å². The van der Waals surface area contributed by atoms with E-state index < -0.39 is 12.1 Å². The summed E-state index contributed by atoms with van der Waals surface area (Å²) in [6.07, 6.45) is 0.748. The Bertz CT molecular complexity index is 427. The normalized spacial score (nSPS) is 22.9. The van der Waals surface area contributed by atoms with E-state index in [9.17, 15) is 9.90 Å². The van der Waals surface area contributed by atoms with Crippen LogP contribution in [-0.2, 0) is 11.2 Å². The highest BCUT2D eigenvalue weighted by Gasteiger charge is 2.30. The van der Waals surface area contributed by atoms with Crippen molar-refractivity contribution in [2.75, 3.05) is 7.11 Å². The molecule has 1 aromatic carbocycles. The van der Waals surface area contributed by atoms with Gasteiger partial charge >= 0.3 is 5.97 Å². The number of aliphatic hydroxyl groups excluding tert-OH is 1. The molecular weight excluding hydrogens is 220 g/mol. The summed E-state index contributed by atoms with van der Waals surface area (Å²) in [7, 11) is 1.60. The summed E-state index contributed by atoms with van der Waals surface area (Å²) in [6, 6.07) is 5.53. The molecule has 2 rings (SSSR count). The Morgan fingerprint density at radius 1 is 1.53 bits per heavy atom. The molecule has 17 heavy (non-hydrogen) atoms. The number of aliphatic hydroxyl groups is 1. The number of hydrogen-bond acceptors (Lipinski definition) is 3. The van der Waals surface area contributed by atoms with Crippen LogP contribution in [0.25, 0.3) is 0 Å². The van der Waals surface area contributed by atoms with Crippen molar-refractivity contribution in [1.82, 2.24) is 0 Å². The molecule has 0 heterocycles. The minimum absolute atomic E-state index is 0.0117. The summed E-state index contributed by atoms with van der Waals surface area (Å²) in [4.78, 5) is 10.7. The van der Waals surface area contributed by atoms with E-state index in [0.717, 1.165) is 23.3 Å². The maximum Gasteiger partial charge on any atom is 0.303 e. The average molecular weight is 236 g/mol. The Kier molecular flexibility index (Phi) is 3.33. The van der Waals surface area contributed by atoms with Crippen LogP contribution in [0.2, 0.25) is 0 Å². The van der Waals surface area contributed by atoms with Gasteiger partial charge in [0.15, 0.2) is 0 Å². The van der Waals surface area contributed by atoms with E-state index in [4.69, 9.17) is 9.84 Å². The lowest BCUT2D eigenvalue weighted by Crippen LogP contribution is -2.23. The molecule has 0 aromatic heterocycles. The van der Waals surface area contributed by atoms with Crippen molar-refractivity contribution in [1.29, 1.82) is 0 Å². The van der Waals surface area contributed by atoms with Gasteiger partial charge in [-0.15, -0.1) is 0 Å². The second-order valence-electron chi connectivity index (χ2n) is 4.37. The Balaban J connectivity index is 2.29. The van der Waals surface area contributed by atoms with Crippen molar-refractivity contribution in [3.63, 3.8) is 0 Å². The van der Waals surface area contributed by atoms with Gasteiger partial charge in [0.25, 0.3) is 0 Å². The second-order valence-corrected chi connectivity index (χ2v) is 4.37. The fourth-order valence-electron chi connectivity index (χ4n) is 2.50. The molecule has 0 spiro atoms. The Morgan fingerprint density at radius 3 is 2.94 bits per heavy atom. The SMILES string of the molecule is COc1cccc2c1CCC(CC(=O)O)C2O. The molecule has 0 aliphatic heterocycles. The van der Waals surface area contributed by atoms with Crippen LogP contribution in [0.5, 0.6) is 5.75 Å². The number of ether oxygens (including phenoxy) is 1. The van der Waals surface area contributed by atoms with Gasteiger partial charge in [0.2, 0.25) is 0 Å². The summed E-state index contributed by atoms with van der Waals surface area (Å²) in [5, 5.41) is 19.0. The van der Waals surface area contributed by atoms with Gasteiger partial charge in [-0.25, -0.2) is 0 Å². The first kappa shape index (κ1) is 11.9. The molecule has 0 bridgehead atoms. The van der Waals surface area contributed by atoms with Crippen LogP contribution < -0.4 is 4.74 Å². The number of methoxy groups -OCH3 is 1. The lowest BCUT2D eigenvalue weighted by molar-refractivity contribution is -0.139. The van der Waals surface area contributed by atoms with Gasteiger partial charge in [-0.05, 0) is 36.0 Å². The number of aliphatic carboxylic acids is 1. The molecule has 0 radical (unpaired) electrons.